The first-order valence-corrected chi connectivity index (χ1v) is 4.88. The number of hydrogen-bond donors (Lipinski definition) is 2. The molecule has 1 heterocycles. The summed E-state index contributed by atoms with van der Waals surface area (Å²) < 4.78 is 1.94. The number of nitrogens with two attached hydrogens (primary N) is 1. The predicted octanol–water partition coefficient (Wildman–Crippen LogP) is 1.21. The van der Waals surface area contributed by atoms with E-state index in [1.165, 1.54) is 0 Å². The fourth-order valence-electron chi connectivity index (χ4n) is 1.04. The first-order chi connectivity index (χ1) is 6.41. The van der Waals surface area contributed by atoms with Gasteiger partial charge in [-0.25, -0.2) is 4.98 Å². The van der Waals surface area contributed by atoms with Crippen molar-refractivity contribution in [1.29, 1.82) is 0 Å². The van der Waals surface area contributed by atoms with Gasteiger partial charge in [-0.1, -0.05) is 20.8 Å². The third-order valence-electron chi connectivity index (χ3n) is 2.41. The maximum absolute atomic E-state index is 6.02. The van der Waals surface area contributed by atoms with Crippen LogP contribution in [-0.4, -0.2) is 22.1 Å². The number of aryl methyl sites for hydroxylation is 1. The number of anilines is 1. The average Bonchev–Trinajstić information content (AvgIpc) is 2.45. The molecule has 0 spiro atoms. The summed E-state index contributed by atoms with van der Waals surface area (Å²) in [4.78, 5) is 4.17. The van der Waals surface area contributed by atoms with Gasteiger partial charge in [0, 0.05) is 32.0 Å². The minimum atomic E-state index is 0.123. The number of aromatic nitrogens is 2. The SMILES string of the molecule is Cn1ccnc1NCC(N)C(C)(C)C. The first kappa shape index (κ1) is 11.0. The molecule has 1 aromatic rings. The van der Waals surface area contributed by atoms with E-state index in [0.717, 1.165) is 12.5 Å². The Hall–Kier alpha value is -1.03. The van der Waals surface area contributed by atoms with Crippen LogP contribution in [0.3, 0.4) is 0 Å². The second-order valence-corrected chi connectivity index (χ2v) is 4.72. The summed E-state index contributed by atoms with van der Waals surface area (Å²) in [5.41, 5.74) is 6.14. The molecule has 0 fully saturated rings. The number of nitrogens with zero attached hydrogens (tertiary/aromatic N) is 2. The smallest absolute Gasteiger partial charge is 0.202 e. The summed E-state index contributed by atoms with van der Waals surface area (Å²) >= 11 is 0. The highest BCUT2D eigenvalue weighted by Crippen LogP contribution is 2.17. The van der Waals surface area contributed by atoms with Crippen molar-refractivity contribution in [1.82, 2.24) is 9.55 Å². The van der Waals surface area contributed by atoms with Gasteiger partial charge in [-0.3, -0.25) is 0 Å². The van der Waals surface area contributed by atoms with Gasteiger partial charge in [0.2, 0.25) is 5.95 Å². The maximum atomic E-state index is 6.02. The van der Waals surface area contributed by atoms with E-state index in [1.54, 1.807) is 6.20 Å². The van der Waals surface area contributed by atoms with Gasteiger partial charge in [0.05, 0.1) is 0 Å². The fourth-order valence-corrected chi connectivity index (χ4v) is 1.04. The zero-order chi connectivity index (χ0) is 10.8. The maximum Gasteiger partial charge on any atom is 0.202 e. The summed E-state index contributed by atoms with van der Waals surface area (Å²) in [6.45, 7) is 7.15. The van der Waals surface area contributed by atoms with Crippen molar-refractivity contribution in [3.8, 4) is 0 Å². The van der Waals surface area contributed by atoms with Crippen molar-refractivity contribution in [2.24, 2.45) is 18.2 Å². The van der Waals surface area contributed by atoms with Crippen LogP contribution in [0, 0.1) is 5.41 Å². The van der Waals surface area contributed by atoms with Gasteiger partial charge >= 0.3 is 0 Å². The van der Waals surface area contributed by atoms with Crippen molar-refractivity contribution in [2.75, 3.05) is 11.9 Å². The Morgan fingerprint density at radius 3 is 2.64 bits per heavy atom. The molecule has 14 heavy (non-hydrogen) atoms. The molecule has 0 aliphatic heterocycles. The Morgan fingerprint density at radius 1 is 1.57 bits per heavy atom. The minimum Gasteiger partial charge on any atom is -0.354 e. The quantitative estimate of drug-likeness (QED) is 0.764. The lowest BCUT2D eigenvalue weighted by Gasteiger charge is -2.27. The number of hydrogen-bond acceptors (Lipinski definition) is 3. The van der Waals surface area contributed by atoms with E-state index in [9.17, 15) is 0 Å². The van der Waals surface area contributed by atoms with E-state index in [2.05, 4.69) is 31.1 Å². The van der Waals surface area contributed by atoms with Gasteiger partial charge in [-0.15, -0.1) is 0 Å². The van der Waals surface area contributed by atoms with Crippen LogP contribution in [0.15, 0.2) is 12.4 Å². The number of rotatable bonds is 3. The molecule has 1 unspecified atom stereocenters. The highest BCUT2D eigenvalue weighted by atomic mass is 15.2. The van der Waals surface area contributed by atoms with Crippen LogP contribution >= 0.6 is 0 Å². The molecule has 4 heteroatoms. The lowest BCUT2D eigenvalue weighted by atomic mass is 9.87. The van der Waals surface area contributed by atoms with Crippen molar-refractivity contribution in [3.63, 3.8) is 0 Å². The van der Waals surface area contributed by atoms with E-state index < -0.39 is 0 Å². The second-order valence-electron chi connectivity index (χ2n) is 4.72. The average molecular weight is 196 g/mol. The largest absolute Gasteiger partial charge is 0.354 e. The van der Waals surface area contributed by atoms with Gasteiger partial charge in [0.25, 0.3) is 0 Å². The van der Waals surface area contributed by atoms with Crippen molar-refractivity contribution < 1.29 is 0 Å². The minimum absolute atomic E-state index is 0.123. The van der Waals surface area contributed by atoms with E-state index in [-0.39, 0.29) is 11.5 Å². The van der Waals surface area contributed by atoms with Gasteiger partial charge in [-0.2, -0.15) is 0 Å². The van der Waals surface area contributed by atoms with Crippen LogP contribution in [-0.2, 0) is 7.05 Å². The van der Waals surface area contributed by atoms with Crippen LogP contribution in [0.2, 0.25) is 0 Å². The molecular formula is C10H20N4. The highest BCUT2D eigenvalue weighted by Gasteiger charge is 2.20. The predicted molar refractivity (Wildman–Crippen MR) is 59.1 cm³/mol. The first-order valence-electron chi connectivity index (χ1n) is 4.88. The van der Waals surface area contributed by atoms with Crippen LogP contribution in [0.25, 0.3) is 0 Å². The molecule has 0 radical (unpaired) electrons. The molecule has 1 atom stereocenters. The zero-order valence-electron chi connectivity index (χ0n) is 9.41. The lowest BCUT2D eigenvalue weighted by molar-refractivity contribution is 0.331. The zero-order valence-corrected chi connectivity index (χ0v) is 9.41. The van der Waals surface area contributed by atoms with Crippen molar-refractivity contribution in [2.45, 2.75) is 26.8 Å². The Bertz CT molecular complexity index is 285. The molecule has 0 amide bonds. The molecule has 0 aliphatic carbocycles. The Morgan fingerprint density at radius 2 is 2.21 bits per heavy atom. The molecule has 0 saturated heterocycles. The third kappa shape index (κ3) is 2.73. The van der Waals surface area contributed by atoms with Crippen LogP contribution in [0.5, 0.6) is 0 Å². The molecule has 0 aliphatic rings. The van der Waals surface area contributed by atoms with E-state index in [1.807, 2.05) is 17.8 Å². The van der Waals surface area contributed by atoms with Crippen LogP contribution in [0.1, 0.15) is 20.8 Å². The lowest BCUT2D eigenvalue weighted by Crippen LogP contribution is -2.41. The van der Waals surface area contributed by atoms with Gasteiger partial charge in [0.1, 0.15) is 0 Å². The molecule has 0 saturated carbocycles. The summed E-state index contributed by atoms with van der Waals surface area (Å²) in [7, 11) is 1.96. The van der Waals surface area contributed by atoms with Gasteiger partial charge in [0.15, 0.2) is 0 Å². The normalized spacial score (nSPS) is 14.1. The van der Waals surface area contributed by atoms with Gasteiger partial charge < -0.3 is 15.6 Å². The molecular weight excluding hydrogens is 176 g/mol. The van der Waals surface area contributed by atoms with E-state index in [0.29, 0.717) is 0 Å². The van der Waals surface area contributed by atoms with Crippen molar-refractivity contribution in [3.05, 3.63) is 12.4 Å². The van der Waals surface area contributed by atoms with E-state index >= 15 is 0 Å². The van der Waals surface area contributed by atoms with Crippen molar-refractivity contribution >= 4 is 5.95 Å². The molecule has 0 bridgehead atoms. The Labute approximate surface area is 85.5 Å². The van der Waals surface area contributed by atoms with Crippen LogP contribution in [0.4, 0.5) is 5.95 Å². The fraction of sp³-hybridized carbons (Fsp3) is 0.700. The topological polar surface area (TPSA) is 55.9 Å². The summed E-state index contributed by atoms with van der Waals surface area (Å²) in [6, 6.07) is 0.124. The summed E-state index contributed by atoms with van der Waals surface area (Å²) in [5, 5.41) is 3.23. The highest BCUT2D eigenvalue weighted by molar-refractivity contribution is 5.25. The standard InChI is InChI=1S/C10H20N4/c1-10(2,3)8(11)7-13-9-12-5-6-14(9)4/h5-6,8H,7,11H2,1-4H3,(H,12,13). The molecule has 80 valence electrons. The monoisotopic (exact) mass is 196 g/mol. The van der Waals surface area contributed by atoms with Crippen LogP contribution < -0.4 is 11.1 Å². The summed E-state index contributed by atoms with van der Waals surface area (Å²) in [6.07, 6.45) is 3.68. The van der Waals surface area contributed by atoms with E-state index in [4.69, 9.17) is 5.73 Å². The molecule has 0 aromatic carbocycles. The van der Waals surface area contributed by atoms with Gasteiger partial charge in [-0.05, 0) is 5.41 Å². The Kier molecular flexibility index (Phi) is 3.16. The molecule has 1 rings (SSSR count). The summed E-state index contributed by atoms with van der Waals surface area (Å²) in [5.74, 6) is 0.865. The molecule has 3 N–H and O–H groups in total. The molecule has 1 aromatic heterocycles. The number of imidazole rings is 1. The molecule has 4 nitrogen and oxygen atoms in total. The number of nitrogens with one attached hydrogen (secondary N) is 1. The second kappa shape index (κ2) is 4.00. The third-order valence-corrected chi connectivity index (χ3v) is 2.41. The Balaban J connectivity index is 2.46.